The molecule has 1 heterocycles. The summed E-state index contributed by atoms with van der Waals surface area (Å²) < 4.78 is 32.6. The first-order valence-electron chi connectivity index (χ1n) is 7.32. The van der Waals surface area contributed by atoms with Crippen molar-refractivity contribution in [2.45, 2.75) is 4.90 Å². The van der Waals surface area contributed by atoms with Gasteiger partial charge < -0.3 is 10.1 Å². The molecular weight excluding hydrogens is 348 g/mol. The number of hydrogen-bond acceptors (Lipinski definition) is 4. The van der Waals surface area contributed by atoms with Crippen LogP contribution in [0.5, 0.6) is 5.75 Å². The van der Waals surface area contributed by atoms with Gasteiger partial charge in [0, 0.05) is 18.1 Å². The summed E-state index contributed by atoms with van der Waals surface area (Å²) in [7, 11) is -1.76. The Balaban J connectivity index is 0.00000208. The Morgan fingerprint density at radius 3 is 2.50 bits per heavy atom. The Morgan fingerprint density at radius 2 is 1.79 bits per heavy atom. The molecule has 0 unspecified atom stereocenters. The van der Waals surface area contributed by atoms with E-state index in [2.05, 4.69) is 5.32 Å². The third-order valence-corrected chi connectivity index (χ3v) is 5.27. The van der Waals surface area contributed by atoms with Gasteiger partial charge >= 0.3 is 0 Å². The third-order valence-electron chi connectivity index (χ3n) is 3.57. The van der Waals surface area contributed by atoms with Crippen LogP contribution < -0.4 is 10.1 Å². The Labute approximate surface area is 147 Å². The summed E-state index contributed by atoms with van der Waals surface area (Å²) in [6, 6.07) is 15.6. The van der Waals surface area contributed by atoms with Crippen LogP contribution in [-0.2, 0) is 10.0 Å². The van der Waals surface area contributed by atoms with Gasteiger partial charge in [0.05, 0.1) is 10.4 Å². The Bertz CT molecular complexity index is 908. The molecule has 0 aliphatic rings. The second kappa shape index (κ2) is 7.70. The normalized spacial score (nSPS) is 11.2. The second-order valence-electron chi connectivity index (χ2n) is 5.07. The zero-order valence-electron chi connectivity index (χ0n) is 13.2. The minimum absolute atomic E-state index is 0. The van der Waals surface area contributed by atoms with Crippen molar-refractivity contribution in [2.24, 2.45) is 0 Å². The van der Waals surface area contributed by atoms with E-state index in [1.165, 1.54) is 3.97 Å². The fraction of sp³-hybridized carbons (Fsp3) is 0.176. The average Bonchev–Trinajstić information content (AvgIpc) is 3.01. The highest BCUT2D eigenvalue weighted by Gasteiger charge is 2.19. The predicted molar refractivity (Wildman–Crippen MR) is 97.6 cm³/mol. The molecular formula is C17H19ClN2O3S. The fourth-order valence-electron chi connectivity index (χ4n) is 2.42. The number of ether oxygens (including phenoxy) is 1. The summed E-state index contributed by atoms with van der Waals surface area (Å²) >= 11 is 0. The van der Waals surface area contributed by atoms with Gasteiger partial charge in [-0.25, -0.2) is 12.4 Å². The molecule has 0 saturated carbocycles. The van der Waals surface area contributed by atoms with Crippen LogP contribution in [0.4, 0.5) is 0 Å². The summed E-state index contributed by atoms with van der Waals surface area (Å²) in [5, 5.41) is 3.79. The van der Waals surface area contributed by atoms with Crippen molar-refractivity contribution in [1.29, 1.82) is 0 Å². The Morgan fingerprint density at radius 1 is 1.04 bits per heavy atom. The number of rotatable bonds is 6. The van der Waals surface area contributed by atoms with Gasteiger partial charge in [-0.1, -0.05) is 24.3 Å². The summed E-state index contributed by atoms with van der Waals surface area (Å²) in [6.07, 6.45) is 1.57. The van der Waals surface area contributed by atoms with Crippen molar-refractivity contribution in [3.8, 4) is 5.75 Å². The van der Waals surface area contributed by atoms with Gasteiger partial charge in [-0.15, -0.1) is 12.4 Å². The summed E-state index contributed by atoms with van der Waals surface area (Å²) in [4.78, 5) is 0.263. The molecule has 3 rings (SSSR count). The van der Waals surface area contributed by atoms with Gasteiger partial charge in [-0.05, 0) is 37.4 Å². The van der Waals surface area contributed by atoms with E-state index in [4.69, 9.17) is 4.74 Å². The number of halogens is 1. The van der Waals surface area contributed by atoms with Crippen LogP contribution in [0.2, 0.25) is 0 Å². The lowest BCUT2D eigenvalue weighted by molar-refractivity contribution is 0.322. The molecule has 0 radical (unpaired) electrons. The number of benzene rings is 2. The summed E-state index contributed by atoms with van der Waals surface area (Å²) in [5.74, 6) is 0.680. The SMILES string of the molecule is CNCCOc1cccc2c1ccn2S(=O)(=O)c1ccccc1.Cl. The highest BCUT2D eigenvalue weighted by atomic mass is 35.5. The van der Waals surface area contributed by atoms with E-state index in [0.717, 1.165) is 11.9 Å². The highest BCUT2D eigenvalue weighted by Crippen LogP contribution is 2.29. The van der Waals surface area contributed by atoms with Gasteiger partial charge in [0.1, 0.15) is 12.4 Å². The van der Waals surface area contributed by atoms with Crippen LogP contribution in [0.15, 0.2) is 65.7 Å². The van der Waals surface area contributed by atoms with E-state index in [1.54, 1.807) is 54.7 Å². The predicted octanol–water partition coefficient (Wildman–Crippen LogP) is 2.90. The Hall–Kier alpha value is -2.02. The third kappa shape index (κ3) is 3.40. The minimum Gasteiger partial charge on any atom is -0.492 e. The van der Waals surface area contributed by atoms with E-state index >= 15 is 0 Å². The molecule has 0 saturated heterocycles. The molecule has 0 fully saturated rings. The zero-order valence-corrected chi connectivity index (χ0v) is 14.8. The van der Waals surface area contributed by atoms with Crippen molar-refractivity contribution in [3.05, 3.63) is 60.8 Å². The van der Waals surface area contributed by atoms with Gasteiger partial charge in [-0.2, -0.15) is 0 Å². The molecule has 0 atom stereocenters. The van der Waals surface area contributed by atoms with E-state index in [1.807, 2.05) is 13.1 Å². The maximum Gasteiger partial charge on any atom is 0.268 e. The first-order valence-corrected chi connectivity index (χ1v) is 8.76. The highest BCUT2D eigenvalue weighted by molar-refractivity contribution is 7.90. The Kier molecular flexibility index (Phi) is 5.88. The first-order chi connectivity index (χ1) is 11.1. The van der Waals surface area contributed by atoms with Crippen LogP contribution >= 0.6 is 12.4 Å². The quantitative estimate of drug-likeness (QED) is 0.681. The molecule has 128 valence electrons. The lowest BCUT2D eigenvalue weighted by atomic mass is 10.2. The minimum atomic E-state index is -3.62. The molecule has 7 heteroatoms. The van der Waals surface area contributed by atoms with E-state index in [9.17, 15) is 8.42 Å². The maximum atomic E-state index is 12.8. The van der Waals surface area contributed by atoms with Crippen LogP contribution in [-0.4, -0.2) is 32.6 Å². The number of nitrogens with one attached hydrogen (secondary N) is 1. The van der Waals surface area contributed by atoms with Crippen molar-refractivity contribution < 1.29 is 13.2 Å². The van der Waals surface area contributed by atoms with Gasteiger partial charge in [0.2, 0.25) is 0 Å². The number of nitrogens with zero attached hydrogens (tertiary/aromatic N) is 1. The molecule has 1 aromatic heterocycles. The zero-order chi connectivity index (χ0) is 16.3. The maximum absolute atomic E-state index is 12.8. The fourth-order valence-corrected chi connectivity index (χ4v) is 3.79. The molecule has 0 aliphatic heterocycles. The van der Waals surface area contributed by atoms with Crippen molar-refractivity contribution in [2.75, 3.05) is 20.2 Å². The molecule has 0 spiro atoms. The van der Waals surface area contributed by atoms with E-state index in [-0.39, 0.29) is 17.3 Å². The molecule has 0 amide bonds. The lowest BCUT2D eigenvalue weighted by Crippen LogP contribution is -2.16. The monoisotopic (exact) mass is 366 g/mol. The smallest absolute Gasteiger partial charge is 0.268 e. The largest absolute Gasteiger partial charge is 0.492 e. The second-order valence-corrected chi connectivity index (χ2v) is 6.89. The topological polar surface area (TPSA) is 60.3 Å². The molecule has 0 bridgehead atoms. The molecule has 1 N–H and O–H groups in total. The van der Waals surface area contributed by atoms with Gasteiger partial charge in [0.25, 0.3) is 10.0 Å². The van der Waals surface area contributed by atoms with E-state index < -0.39 is 10.0 Å². The van der Waals surface area contributed by atoms with Gasteiger partial charge in [-0.3, -0.25) is 0 Å². The van der Waals surface area contributed by atoms with Crippen LogP contribution in [0.25, 0.3) is 10.9 Å². The number of fused-ring (bicyclic) bond motifs is 1. The van der Waals surface area contributed by atoms with Crippen LogP contribution in [0.1, 0.15) is 0 Å². The number of likely N-dealkylation sites (N-methyl/N-ethyl adjacent to an activating group) is 1. The number of aromatic nitrogens is 1. The van der Waals surface area contributed by atoms with Crippen LogP contribution in [0.3, 0.4) is 0 Å². The molecule has 24 heavy (non-hydrogen) atoms. The van der Waals surface area contributed by atoms with Crippen LogP contribution in [0, 0.1) is 0 Å². The molecule has 2 aromatic carbocycles. The number of hydrogen-bond donors (Lipinski definition) is 1. The average molecular weight is 367 g/mol. The first kappa shape index (κ1) is 18.3. The van der Waals surface area contributed by atoms with Crippen molar-refractivity contribution in [3.63, 3.8) is 0 Å². The lowest BCUT2D eigenvalue weighted by Gasteiger charge is -2.09. The van der Waals surface area contributed by atoms with Crippen molar-refractivity contribution in [1.82, 2.24) is 9.29 Å². The summed E-state index contributed by atoms with van der Waals surface area (Å²) in [6.45, 7) is 1.24. The van der Waals surface area contributed by atoms with E-state index in [0.29, 0.717) is 17.9 Å². The molecule has 3 aromatic rings. The molecule has 0 aliphatic carbocycles. The molecule has 5 nitrogen and oxygen atoms in total. The van der Waals surface area contributed by atoms with Gasteiger partial charge in [0.15, 0.2) is 0 Å². The standard InChI is InChI=1S/C17H18N2O3S.ClH/c1-18-11-13-22-17-9-5-8-16-15(17)10-12-19(16)23(20,21)14-6-3-2-4-7-14;/h2-10,12,18H,11,13H2,1H3;1H. The van der Waals surface area contributed by atoms with Crippen molar-refractivity contribution >= 4 is 33.3 Å². The summed E-state index contributed by atoms with van der Waals surface area (Å²) in [5.41, 5.74) is 0.607.